The van der Waals surface area contributed by atoms with E-state index < -0.39 is 0 Å². The number of hydrogen-bond donors (Lipinski definition) is 1. The van der Waals surface area contributed by atoms with Crippen LogP contribution in [0.1, 0.15) is 29.7 Å². The van der Waals surface area contributed by atoms with Crippen LogP contribution in [0.5, 0.6) is 0 Å². The zero-order valence-corrected chi connectivity index (χ0v) is 12.6. The molecule has 0 aliphatic rings. The molecule has 2 aromatic rings. The molecule has 102 valence electrons. The van der Waals surface area contributed by atoms with Crippen molar-refractivity contribution in [1.82, 2.24) is 5.32 Å². The highest BCUT2D eigenvalue weighted by Crippen LogP contribution is 2.27. The lowest BCUT2D eigenvalue weighted by Gasteiger charge is -2.19. The van der Waals surface area contributed by atoms with E-state index in [1.165, 1.54) is 17.2 Å². The van der Waals surface area contributed by atoms with Crippen LogP contribution in [-0.2, 0) is 6.42 Å². The van der Waals surface area contributed by atoms with Gasteiger partial charge in [-0.15, -0.1) is 0 Å². The molecule has 0 radical (unpaired) electrons. The van der Waals surface area contributed by atoms with Crippen molar-refractivity contribution >= 4 is 22.9 Å². The molecule has 0 saturated carbocycles. The Morgan fingerprint density at radius 2 is 2.16 bits per heavy atom. The van der Waals surface area contributed by atoms with Gasteiger partial charge in [-0.2, -0.15) is 11.3 Å². The van der Waals surface area contributed by atoms with Crippen molar-refractivity contribution in [2.75, 3.05) is 6.54 Å². The fourth-order valence-electron chi connectivity index (χ4n) is 2.19. The molecule has 1 unspecified atom stereocenters. The maximum Gasteiger partial charge on any atom is 0.126 e. The molecule has 1 heterocycles. The van der Waals surface area contributed by atoms with E-state index in [1.54, 1.807) is 23.5 Å². The molecule has 0 amide bonds. The molecule has 1 atom stereocenters. The SMILES string of the molecule is CCNC(Cc1cc(Cl)ccc1F)c1cscc1C. The molecule has 19 heavy (non-hydrogen) atoms. The van der Waals surface area contributed by atoms with Crippen LogP contribution in [0.25, 0.3) is 0 Å². The van der Waals surface area contributed by atoms with Crippen LogP contribution in [0.4, 0.5) is 4.39 Å². The maximum atomic E-state index is 13.8. The molecule has 2 rings (SSSR count). The fourth-order valence-corrected chi connectivity index (χ4v) is 3.29. The van der Waals surface area contributed by atoms with Crippen molar-refractivity contribution in [3.05, 3.63) is 56.5 Å². The van der Waals surface area contributed by atoms with Crippen LogP contribution >= 0.6 is 22.9 Å². The van der Waals surface area contributed by atoms with E-state index >= 15 is 0 Å². The Hall–Kier alpha value is -0.900. The van der Waals surface area contributed by atoms with Crippen molar-refractivity contribution in [2.45, 2.75) is 26.3 Å². The molecular weight excluding hydrogens is 281 g/mol. The van der Waals surface area contributed by atoms with Gasteiger partial charge in [-0.05, 0) is 65.5 Å². The Balaban J connectivity index is 2.26. The lowest BCUT2D eigenvalue weighted by Crippen LogP contribution is -2.23. The Bertz CT molecular complexity index is 553. The summed E-state index contributed by atoms with van der Waals surface area (Å²) in [6.45, 7) is 5.00. The summed E-state index contributed by atoms with van der Waals surface area (Å²) in [5, 5.41) is 8.24. The van der Waals surface area contributed by atoms with Crippen molar-refractivity contribution in [3.63, 3.8) is 0 Å². The molecule has 0 saturated heterocycles. The van der Waals surface area contributed by atoms with Gasteiger partial charge in [-0.1, -0.05) is 18.5 Å². The average Bonchev–Trinajstić information content (AvgIpc) is 2.79. The van der Waals surface area contributed by atoms with Crippen LogP contribution in [0, 0.1) is 12.7 Å². The highest BCUT2D eigenvalue weighted by Gasteiger charge is 2.16. The second-order valence-corrected chi connectivity index (χ2v) is 5.74. The molecule has 0 fully saturated rings. The van der Waals surface area contributed by atoms with Gasteiger partial charge < -0.3 is 5.32 Å². The molecule has 1 N–H and O–H groups in total. The summed E-state index contributed by atoms with van der Waals surface area (Å²) in [4.78, 5) is 0. The van der Waals surface area contributed by atoms with Crippen molar-refractivity contribution in [3.8, 4) is 0 Å². The molecule has 0 aliphatic heterocycles. The first-order valence-corrected chi connectivity index (χ1v) is 7.64. The lowest BCUT2D eigenvalue weighted by molar-refractivity contribution is 0.527. The summed E-state index contributed by atoms with van der Waals surface area (Å²) < 4.78 is 13.8. The van der Waals surface area contributed by atoms with Crippen molar-refractivity contribution in [1.29, 1.82) is 0 Å². The molecule has 1 nitrogen and oxygen atoms in total. The van der Waals surface area contributed by atoms with E-state index in [4.69, 9.17) is 11.6 Å². The summed E-state index contributed by atoms with van der Waals surface area (Å²) in [5.41, 5.74) is 3.15. The second-order valence-electron chi connectivity index (χ2n) is 4.56. The Morgan fingerprint density at radius 1 is 1.37 bits per heavy atom. The van der Waals surface area contributed by atoms with Gasteiger partial charge in [-0.25, -0.2) is 4.39 Å². The normalized spacial score (nSPS) is 12.6. The van der Waals surface area contributed by atoms with Gasteiger partial charge in [0.25, 0.3) is 0 Å². The van der Waals surface area contributed by atoms with Crippen LogP contribution in [0.15, 0.2) is 29.0 Å². The van der Waals surface area contributed by atoms with Gasteiger partial charge in [0.05, 0.1) is 0 Å². The van der Waals surface area contributed by atoms with Crippen LogP contribution < -0.4 is 5.32 Å². The second kappa shape index (κ2) is 6.51. The number of nitrogens with one attached hydrogen (secondary N) is 1. The molecular formula is C15H17ClFNS. The minimum Gasteiger partial charge on any atom is -0.310 e. The van der Waals surface area contributed by atoms with Gasteiger partial charge in [0.2, 0.25) is 0 Å². The minimum absolute atomic E-state index is 0.129. The van der Waals surface area contributed by atoms with E-state index in [1.807, 2.05) is 0 Å². The van der Waals surface area contributed by atoms with E-state index in [-0.39, 0.29) is 11.9 Å². The summed E-state index contributed by atoms with van der Waals surface area (Å²) in [6, 6.07) is 4.85. The zero-order chi connectivity index (χ0) is 13.8. The topological polar surface area (TPSA) is 12.0 Å². The van der Waals surface area contributed by atoms with Crippen molar-refractivity contribution in [2.24, 2.45) is 0 Å². The Kier molecular flexibility index (Phi) is 4.97. The molecule has 0 bridgehead atoms. The van der Waals surface area contributed by atoms with Gasteiger partial charge >= 0.3 is 0 Å². The van der Waals surface area contributed by atoms with E-state index in [0.717, 1.165) is 6.54 Å². The summed E-state index contributed by atoms with van der Waals surface area (Å²) in [7, 11) is 0. The third-order valence-corrected chi connectivity index (χ3v) is 4.27. The highest BCUT2D eigenvalue weighted by atomic mass is 35.5. The number of rotatable bonds is 5. The van der Waals surface area contributed by atoms with Gasteiger partial charge in [0, 0.05) is 11.1 Å². The van der Waals surface area contributed by atoms with Gasteiger partial charge in [0.15, 0.2) is 0 Å². The first kappa shape index (κ1) is 14.5. The van der Waals surface area contributed by atoms with Crippen molar-refractivity contribution < 1.29 is 4.39 Å². The average molecular weight is 298 g/mol. The summed E-state index contributed by atoms with van der Waals surface area (Å²) >= 11 is 7.63. The fraction of sp³-hybridized carbons (Fsp3) is 0.333. The number of thiophene rings is 1. The minimum atomic E-state index is -0.194. The standard InChI is InChI=1S/C15H17ClFNS/c1-3-18-15(13-9-19-8-10(13)2)7-11-6-12(16)4-5-14(11)17/h4-6,8-9,15,18H,3,7H2,1-2H3. The molecule has 1 aromatic heterocycles. The smallest absolute Gasteiger partial charge is 0.126 e. The third kappa shape index (κ3) is 3.56. The monoisotopic (exact) mass is 297 g/mol. The van der Waals surface area contributed by atoms with Crippen LogP contribution in [-0.4, -0.2) is 6.54 Å². The predicted octanol–water partition coefficient (Wildman–Crippen LogP) is 4.74. The number of aryl methyl sites for hydroxylation is 1. The largest absolute Gasteiger partial charge is 0.310 e. The predicted molar refractivity (Wildman–Crippen MR) is 80.6 cm³/mol. The summed E-state index contributed by atoms with van der Waals surface area (Å²) in [6.07, 6.45) is 0.609. The number of benzene rings is 1. The van der Waals surface area contributed by atoms with E-state index in [2.05, 4.69) is 29.9 Å². The number of halogens is 2. The zero-order valence-electron chi connectivity index (χ0n) is 11.0. The van der Waals surface area contributed by atoms with E-state index in [0.29, 0.717) is 17.0 Å². The molecule has 0 aliphatic carbocycles. The number of hydrogen-bond acceptors (Lipinski definition) is 2. The van der Waals surface area contributed by atoms with Crippen LogP contribution in [0.3, 0.4) is 0 Å². The maximum absolute atomic E-state index is 13.8. The highest BCUT2D eigenvalue weighted by molar-refractivity contribution is 7.08. The van der Waals surface area contributed by atoms with Gasteiger partial charge in [0.1, 0.15) is 5.82 Å². The van der Waals surface area contributed by atoms with Crippen LogP contribution in [0.2, 0.25) is 5.02 Å². The molecule has 0 spiro atoms. The van der Waals surface area contributed by atoms with E-state index in [9.17, 15) is 4.39 Å². The molecule has 4 heteroatoms. The Morgan fingerprint density at radius 3 is 2.79 bits per heavy atom. The molecule has 1 aromatic carbocycles. The number of likely N-dealkylation sites (N-methyl/N-ethyl adjacent to an activating group) is 1. The van der Waals surface area contributed by atoms with Gasteiger partial charge in [-0.3, -0.25) is 0 Å². The first-order valence-electron chi connectivity index (χ1n) is 6.31. The lowest BCUT2D eigenvalue weighted by atomic mass is 9.98. The summed E-state index contributed by atoms with van der Waals surface area (Å²) in [5.74, 6) is -0.194. The quantitative estimate of drug-likeness (QED) is 0.840. The Labute approximate surface area is 122 Å². The first-order chi connectivity index (χ1) is 9.11. The third-order valence-electron chi connectivity index (χ3n) is 3.15.